The van der Waals surface area contributed by atoms with Gasteiger partial charge in [-0.3, -0.25) is 9.67 Å². The molecule has 1 aromatic carbocycles. The molecule has 3 aromatic rings. The molecule has 142 valence electrons. The summed E-state index contributed by atoms with van der Waals surface area (Å²) in [5.74, 6) is 0.717. The topological polar surface area (TPSA) is 74.1 Å². The summed E-state index contributed by atoms with van der Waals surface area (Å²) >= 11 is 0. The van der Waals surface area contributed by atoms with E-state index in [0.717, 1.165) is 41.0 Å². The van der Waals surface area contributed by atoms with Crippen LogP contribution in [0.5, 0.6) is 5.75 Å². The molecule has 1 aliphatic rings. The molecule has 0 radical (unpaired) electrons. The third kappa shape index (κ3) is 3.94. The molecule has 3 heterocycles. The third-order valence-electron chi connectivity index (χ3n) is 4.66. The summed E-state index contributed by atoms with van der Waals surface area (Å²) in [6.45, 7) is 8.41. The number of nitrogens with one attached hydrogen (secondary N) is 1. The van der Waals surface area contributed by atoms with Gasteiger partial charge in [-0.15, -0.1) is 0 Å². The fourth-order valence-corrected chi connectivity index (χ4v) is 3.24. The molecule has 0 unspecified atom stereocenters. The Morgan fingerprint density at radius 2 is 2.07 bits per heavy atom. The second kappa shape index (κ2) is 7.62. The maximum absolute atomic E-state index is 6.13. The third-order valence-corrected chi connectivity index (χ3v) is 4.66. The van der Waals surface area contributed by atoms with E-state index in [0.29, 0.717) is 12.6 Å². The Morgan fingerprint density at radius 1 is 1.22 bits per heavy atom. The van der Waals surface area contributed by atoms with Crippen LogP contribution < -0.4 is 10.1 Å². The molecule has 27 heavy (non-hydrogen) atoms. The van der Waals surface area contributed by atoms with Gasteiger partial charge in [0.25, 0.3) is 0 Å². The van der Waals surface area contributed by atoms with Crippen LogP contribution >= 0.6 is 0 Å². The maximum atomic E-state index is 6.13. The monoisotopic (exact) mass is 367 g/mol. The normalized spacial score (nSPS) is 20.3. The van der Waals surface area contributed by atoms with E-state index < -0.39 is 0 Å². The molecule has 7 nitrogen and oxygen atoms in total. The first-order valence-corrected chi connectivity index (χ1v) is 9.38. The van der Waals surface area contributed by atoms with E-state index in [2.05, 4.69) is 41.2 Å². The highest BCUT2D eigenvalue weighted by atomic mass is 16.5. The van der Waals surface area contributed by atoms with Crippen LogP contribution in [0.2, 0.25) is 0 Å². The fourth-order valence-electron chi connectivity index (χ4n) is 3.24. The van der Waals surface area contributed by atoms with Gasteiger partial charge >= 0.3 is 0 Å². The molecule has 0 spiro atoms. The number of hydrogen-bond donors (Lipinski definition) is 1. The highest BCUT2D eigenvalue weighted by Crippen LogP contribution is 2.31. The minimum atomic E-state index is 0.0211. The molecule has 1 saturated heterocycles. The maximum Gasteiger partial charge on any atom is 0.147 e. The van der Waals surface area contributed by atoms with Crippen LogP contribution in [0.4, 0.5) is 0 Å². The SMILES string of the molecule is CC(C)n1cc(-c2cc(OC[C@@H]3CNC[C@@H](C)O3)c3nccnc3c2)cn1. The van der Waals surface area contributed by atoms with E-state index in [1.807, 2.05) is 29.2 Å². The standard InChI is InChI=1S/C20H25N5O2/c1-13(2)25-11-16(9-24-25)15-6-18-20(23-5-4-22-18)19(7-15)26-12-17-10-21-8-14(3)27-17/h4-7,9,11,13-14,17,21H,8,10,12H2,1-3H3/t14-,17+/m1/s1. The number of ether oxygens (including phenoxy) is 2. The number of fused-ring (bicyclic) bond motifs is 1. The quantitative estimate of drug-likeness (QED) is 0.747. The lowest BCUT2D eigenvalue weighted by Crippen LogP contribution is -2.45. The smallest absolute Gasteiger partial charge is 0.147 e. The van der Waals surface area contributed by atoms with Crippen molar-refractivity contribution in [3.8, 4) is 16.9 Å². The lowest BCUT2D eigenvalue weighted by Gasteiger charge is -2.28. The molecular weight excluding hydrogens is 342 g/mol. The van der Waals surface area contributed by atoms with Gasteiger partial charge in [0.15, 0.2) is 0 Å². The predicted octanol–water partition coefficient (Wildman–Crippen LogP) is 2.83. The van der Waals surface area contributed by atoms with E-state index in [-0.39, 0.29) is 12.2 Å². The van der Waals surface area contributed by atoms with Crippen LogP contribution in [0, 0.1) is 0 Å². The molecule has 1 aliphatic heterocycles. The summed E-state index contributed by atoms with van der Waals surface area (Å²) in [4.78, 5) is 8.93. The first-order valence-electron chi connectivity index (χ1n) is 9.38. The van der Waals surface area contributed by atoms with Crippen molar-refractivity contribution in [2.24, 2.45) is 0 Å². The Morgan fingerprint density at radius 3 is 2.85 bits per heavy atom. The van der Waals surface area contributed by atoms with E-state index in [1.54, 1.807) is 12.4 Å². The zero-order chi connectivity index (χ0) is 18.8. The van der Waals surface area contributed by atoms with Crippen LogP contribution in [0.15, 0.2) is 36.9 Å². The van der Waals surface area contributed by atoms with Crippen molar-refractivity contribution in [2.45, 2.75) is 39.0 Å². The van der Waals surface area contributed by atoms with Crippen LogP contribution in [-0.2, 0) is 4.74 Å². The number of rotatable bonds is 5. The molecule has 1 fully saturated rings. The first-order chi connectivity index (χ1) is 13.1. The van der Waals surface area contributed by atoms with Crippen molar-refractivity contribution in [3.63, 3.8) is 0 Å². The Balaban J connectivity index is 1.63. The molecular formula is C20H25N5O2. The van der Waals surface area contributed by atoms with Gasteiger partial charge in [0.1, 0.15) is 24.0 Å². The second-order valence-electron chi connectivity index (χ2n) is 7.24. The molecule has 0 saturated carbocycles. The summed E-state index contributed by atoms with van der Waals surface area (Å²) in [7, 11) is 0. The lowest BCUT2D eigenvalue weighted by molar-refractivity contribution is -0.0468. The molecule has 2 aromatic heterocycles. The first kappa shape index (κ1) is 17.9. The summed E-state index contributed by atoms with van der Waals surface area (Å²) < 4.78 is 14.0. The minimum absolute atomic E-state index is 0.0211. The van der Waals surface area contributed by atoms with E-state index in [4.69, 9.17) is 9.47 Å². The molecule has 2 atom stereocenters. The van der Waals surface area contributed by atoms with Gasteiger partial charge in [-0.05, 0) is 38.5 Å². The fraction of sp³-hybridized carbons (Fsp3) is 0.450. The van der Waals surface area contributed by atoms with Gasteiger partial charge < -0.3 is 14.8 Å². The molecule has 1 N–H and O–H groups in total. The van der Waals surface area contributed by atoms with Gasteiger partial charge in [0.05, 0.1) is 17.8 Å². The van der Waals surface area contributed by atoms with Crippen molar-refractivity contribution in [3.05, 3.63) is 36.9 Å². The van der Waals surface area contributed by atoms with Gasteiger partial charge in [-0.25, -0.2) is 4.98 Å². The zero-order valence-corrected chi connectivity index (χ0v) is 15.9. The largest absolute Gasteiger partial charge is 0.488 e. The number of nitrogens with zero attached hydrogens (tertiary/aromatic N) is 4. The second-order valence-corrected chi connectivity index (χ2v) is 7.24. The average Bonchev–Trinajstić information content (AvgIpc) is 3.16. The molecule has 0 amide bonds. The van der Waals surface area contributed by atoms with E-state index >= 15 is 0 Å². The van der Waals surface area contributed by atoms with Gasteiger partial charge in [0, 0.05) is 43.3 Å². The zero-order valence-electron chi connectivity index (χ0n) is 15.9. The van der Waals surface area contributed by atoms with Gasteiger partial charge in [-0.1, -0.05) is 0 Å². The number of morpholine rings is 1. The summed E-state index contributed by atoms with van der Waals surface area (Å²) in [6, 6.07) is 4.35. The van der Waals surface area contributed by atoms with Crippen LogP contribution in [-0.4, -0.2) is 51.7 Å². The summed E-state index contributed by atoms with van der Waals surface area (Å²) in [5.41, 5.74) is 3.61. The number of hydrogen-bond acceptors (Lipinski definition) is 6. The number of aromatic nitrogens is 4. The molecule has 7 heteroatoms. The van der Waals surface area contributed by atoms with E-state index in [9.17, 15) is 0 Å². The van der Waals surface area contributed by atoms with Crippen LogP contribution in [0.25, 0.3) is 22.2 Å². The lowest BCUT2D eigenvalue weighted by atomic mass is 10.1. The van der Waals surface area contributed by atoms with Crippen molar-refractivity contribution in [2.75, 3.05) is 19.7 Å². The molecule has 0 bridgehead atoms. The molecule has 0 aliphatic carbocycles. The Kier molecular flexibility index (Phi) is 5.05. The van der Waals surface area contributed by atoms with Gasteiger partial charge in [-0.2, -0.15) is 5.10 Å². The van der Waals surface area contributed by atoms with Crippen LogP contribution in [0.3, 0.4) is 0 Å². The Hall–Kier alpha value is -2.51. The Labute approximate surface area is 158 Å². The van der Waals surface area contributed by atoms with E-state index in [1.165, 1.54) is 0 Å². The molecule has 4 rings (SSSR count). The van der Waals surface area contributed by atoms with Crippen molar-refractivity contribution in [1.82, 2.24) is 25.1 Å². The summed E-state index contributed by atoms with van der Waals surface area (Å²) in [5, 5.41) is 7.81. The Bertz CT molecular complexity index is 924. The van der Waals surface area contributed by atoms with Crippen molar-refractivity contribution < 1.29 is 9.47 Å². The van der Waals surface area contributed by atoms with Gasteiger partial charge in [0.2, 0.25) is 0 Å². The summed E-state index contributed by atoms with van der Waals surface area (Å²) in [6.07, 6.45) is 7.51. The van der Waals surface area contributed by atoms with Crippen molar-refractivity contribution in [1.29, 1.82) is 0 Å². The number of benzene rings is 1. The highest BCUT2D eigenvalue weighted by molar-refractivity contribution is 5.86. The van der Waals surface area contributed by atoms with Crippen molar-refractivity contribution >= 4 is 11.0 Å². The average molecular weight is 367 g/mol. The predicted molar refractivity (Wildman–Crippen MR) is 104 cm³/mol. The minimum Gasteiger partial charge on any atom is -0.488 e. The highest BCUT2D eigenvalue weighted by Gasteiger charge is 2.20. The van der Waals surface area contributed by atoms with Crippen LogP contribution in [0.1, 0.15) is 26.8 Å².